The number of hydrogen-bond acceptors (Lipinski definition) is 2. The first kappa shape index (κ1) is 9.23. The number of Topliss-reactive ketones (excluding diaryl/α,β-unsaturated/α-hetero) is 1. The van der Waals surface area contributed by atoms with Crippen LogP contribution in [0.25, 0.3) is 0 Å². The van der Waals surface area contributed by atoms with Crippen molar-refractivity contribution in [2.45, 2.75) is 32.6 Å². The summed E-state index contributed by atoms with van der Waals surface area (Å²) >= 11 is 0. The molecule has 0 saturated carbocycles. The number of ketones is 1. The van der Waals surface area contributed by atoms with E-state index >= 15 is 0 Å². The molecule has 3 heteroatoms. The number of nitrogens with zero attached hydrogens (tertiary/aromatic N) is 1. The predicted octanol–water partition coefficient (Wildman–Crippen LogP) is 0.978. The summed E-state index contributed by atoms with van der Waals surface area (Å²) in [6.45, 7) is 2.93. The van der Waals surface area contributed by atoms with Crippen molar-refractivity contribution in [2.75, 3.05) is 13.1 Å². The first-order valence-corrected chi connectivity index (χ1v) is 4.53. The Morgan fingerprint density at radius 1 is 1.50 bits per heavy atom. The smallest absolute Gasteiger partial charge is 0.222 e. The summed E-state index contributed by atoms with van der Waals surface area (Å²) in [5, 5.41) is 0. The highest BCUT2D eigenvalue weighted by Crippen LogP contribution is 2.09. The fraction of sp³-hybridized carbons (Fsp3) is 0.778. The molecule has 1 fully saturated rings. The summed E-state index contributed by atoms with van der Waals surface area (Å²) in [7, 11) is 0. The van der Waals surface area contributed by atoms with E-state index in [1.54, 1.807) is 4.90 Å². The Labute approximate surface area is 72.7 Å². The van der Waals surface area contributed by atoms with E-state index in [9.17, 15) is 9.59 Å². The molecule has 0 bridgehead atoms. The van der Waals surface area contributed by atoms with Crippen LogP contribution in [0.15, 0.2) is 0 Å². The van der Waals surface area contributed by atoms with E-state index in [1.807, 2.05) is 6.92 Å². The van der Waals surface area contributed by atoms with Gasteiger partial charge in [0.25, 0.3) is 0 Å². The topological polar surface area (TPSA) is 37.4 Å². The van der Waals surface area contributed by atoms with E-state index in [0.717, 1.165) is 19.4 Å². The molecule has 0 radical (unpaired) electrons. The van der Waals surface area contributed by atoms with Crippen molar-refractivity contribution in [3.05, 3.63) is 0 Å². The lowest BCUT2D eigenvalue weighted by atomic mass is 10.1. The third-order valence-electron chi connectivity index (χ3n) is 2.18. The number of amides is 1. The molecule has 0 aliphatic carbocycles. The van der Waals surface area contributed by atoms with Crippen molar-refractivity contribution >= 4 is 11.7 Å². The van der Waals surface area contributed by atoms with Crippen molar-refractivity contribution in [1.82, 2.24) is 4.90 Å². The quantitative estimate of drug-likeness (QED) is 0.631. The minimum absolute atomic E-state index is 0.142. The van der Waals surface area contributed by atoms with Crippen molar-refractivity contribution < 1.29 is 9.59 Å². The van der Waals surface area contributed by atoms with Crippen LogP contribution in [-0.4, -0.2) is 29.7 Å². The summed E-state index contributed by atoms with van der Waals surface area (Å²) < 4.78 is 0. The second kappa shape index (κ2) is 4.24. The molecule has 1 heterocycles. The maximum Gasteiger partial charge on any atom is 0.222 e. The molecule has 0 spiro atoms. The highest BCUT2D eigenvalue weighted by Gasteiger charge is 2.19. The van der Waals surface area contributed by atoms with Gasteiger partial charge >= 0.3 is 0 Å². The molecular weight excluding hydrogens is 154 g/mol. The van der Waals surface area contributed by atoms with E-state index in [0.29, 0.717) is 19.4 Å². The number of rotatable bonds is 3. The minimum Gasteiger partial charge on any atom is -0.335 e. The molecule has 0 atom stereocenters. The lowest BCUT2D eigenvalue weighted by molar-refractivity contribution is -0.137. The zero-order valence-electron chi connectivity index (χ0n) is 7.51. The zero-order valence-corrected chi connectivity index (χ0v) is 7.51. The molecule has 12 heavy (non-hydrogen) atoms. The van der Waals surface area contributed by atoms with E-state index in [-0.39, 0.29) is 11.7 Å². The van der Waals surface area contributed by atoms with Crippen LogP contribution < -0.4 is 0 Å². The fourth-order valence-corrected chi connectivity index (χ4v) is 1.35. The van der Waals surface area contributed by atoms with Crippen LogP contribution in [0.4, 0.5) is 0 Å². The van der Waals surface area contributed by atoms with Crippen molar-refractivity contribution in [1.29, 1.82) is 0 Å². The number of carbonyl (C=O) groups is 2. The van der Waals surface area contributed by atoms with Gasteiger partial charge in [0.2, 0.25) is 5.91 Å². The van der Waals surface area contributed by atoms with Crippen LogP contribution in [0.1, 0.15) is 32.6 Å². The van der Waals surface area contributed by atoms with E-state index in [2.05, 4.69) is 0 Å². The molecule has 1 amide bonds. The maximum absolute atomic E-state index is 11.2. The number of likely N-dealkylation sites (tertiary alicyclic amines) is 1. The lowest BCUT2D eigenvalue weighted by Crippen LogP contribution is -2.38. The van der Waals surface area contributed by atoms with E-state index in [4.69, 9.17) is 0 Å². The molecule has 0 unspecified atom stereocenters. The van der Waals surface area contributed by atoms with Gasteiger partial charge in [0, 0.05) is 19.4 Å². The molecule has 68 valence electrons. The van der Waals surface area contributed by atoms with Crippen molar-refractivity contribution in [3.63, 3.8) is 0 Å². The molecule has 1 aliphatic rings. The summed E-state index contributed by atoms with van der Waals surface area (Å²) in [6.07, 6.45) is 3.18. The maximum atomic E-state index is 11.2. The lowest BCUT2D eigenvalue weighted by Gasteiger charge is -2.25. The Bertz CT molecular complexity index is 189. The first-order chi connectivity index (χ1) is 5.74. The molecule has 0 N–H and O–H groups in total. The van der Waals surface area contributed by atoms with Crippen LogP contribution in [0.2, 0.25) is 0 Å². The van der Waals surface area contributed by atoms with Crippen LogP contribution in [0.5, 0.6) is 0 Å². The fourth-order valence-electron chi connectivity index (χ4n) is 1.35. The first-order valence-electron chi connectivity index (χ1n) is 4.53. The van der Waals surface area contributed by atoms with Crippen molar-refractivity contribution in [2.24, 2.45) is 0 Å². The van der Waals surface area contributed by atoms with Gasteiger partial charge in [-0.1, -0.05) is 6.92 Å². The molecule has 0 aromatic rings. The third-order valence-corrected chi connectivity index (χ3v) is 2.18. The van der Waals surface area contributed by atoms with Gasteiger partial charge in [-0.15, -0.1) is 0 Å². The van der Waals surface area contributed by atoms with Crippen molar-refractivity contribution in [3.8, 4) is 0 Å². The third kappa shape index (κ3) is 2.32. The number of carbonyl (C=O) groups excluding carboxylic acids is 2. The highest BCUT2D eigenvalue weighted by molar-refractivity contribution is 5.86. The largest absolute Gasteiger partial charge is 0.335 e. The Morgan fingerprint density at radius 2 is 2.25 bits per heavy atom. The second-order valence-corrected chi connectivity index (χ2v) is 3.16. The summed E-state index contributed by atoms with van der Waals surface area (Å²) in [5.41, 5.74) is 0. The molecular formula is C9H15NO2. The average Bonchev–Trinajstić information content (AvgIpc) is 2.09. The van der Waals surface area contributed by atoms with E-state index < -0.39 is 0 Å². The van der Waals surface area contributed by atoms with Gasteiger partial charge in [-0.05, 0) is 12.8 Å². The molecule has 1 aliphatic heterocycles. The van der Waals surface area contributed by atoms with Gasteiger partial charge < -0.3 is 4.90 Å². The second-order valence-electron chi connectivity index (χ2n) is 3.16. The molecule has 3 nitrogen and oxygen atoms in total. The van der Waals surface area contributed by atoms with Gasteiger partial charge in [-0.2, -0.15) is 0 Å². The van der Waals surface area contributed by atoms with E-state index in [1.165, 1.54) is 0 Å². The molecule has 0 aromatic heterocycles. The van der Waals surface area contributed by atoms with Gasteiger partial charge in [0.05, 0.1) is 6.54 Å². The Balaban J connectivity index is 2.39. The van der Waals surface area contributed by atoms with Crippen LogP contribution >= 0.6 is 0 Å². The average molecular weight is 169 g/mol. The standard InChI is InChI=1S/C9H15NO2/c1-2-8(11)7-10-6-4-3-5-9(10)12/h2-7H2,1H3. The van der Waals surface area contributed by atoms with Gasteiger partial charge in [-0.3, -0.25) is 9.59 Å². The normalized spacial score (nSPS) is 18.1. The Kier molecular flexibility index (Phi) is 3.26. The van der Waals surface area contributed by atoms with Crippen LogP contribution in [-0.2, 0) is 9.59 Å². The zero-order chi connectivity index (χ0) is 8.97. The Hall–Kier alpha value is -0.860. The molecule has 1 rings (SSSR count). The number of piperidine rings is 1. The van der Waals surface area contributed by atoms with Gasteiger partial charge in [-0.25, -0.2) is 0 Å². The summed E-state index contributed by atoms with van der Waals surface area (Å²) in [6, 6.07) is 0. The van der Waals surface area contributed by atoms with Crippen LogP contribution in [0.3, 0.4) is 0 Å². The monoisotopic (exact) mass is 169 g/mol. The van der Waals surface area contributed by atoms with Crippen LogP contribution in [0, 0.1) is 0 Å². The molecule has 1 saturated heterocycles. The number of hydrogen-bond donors (Lipinski definition) is 0. The molecule has 0 aromatic carbocycles. The minimum atomic E-state index is 0.142. The van der Waals surface area contributed by atoms with Gasteiger partial charge in [0.15, 0.2) is 5.78 Å². The summed E-state index contributed by atoms with van der Waals surface area (Å²) in [5.74, 6) is 0.299. The Morgan fingerprint density at radius 3 is 2.83 bits per heavy atom. The van der Waals surface area contributed by atoms with Gasteiger partial charge in [0.1, 0.15) is 0 Å². The highest BCUT2D eigenvalue weighted by atomic mass is 16.2. The summed E-state index contributed by atoms with van der Waals surface area (Å²) in [4.78, 5) is 23.9. The predicted molar refractivity (Wildman–Crippen MR) is 45.7 cm³/mol. The SMILES string of the molecule is CCC(=O)CN1CCCCC1=O.